The first-order valence-corrected chi connectivity index (χ1v) is 12.7. The molecule has 7 nitrogen and oxygen atoms in total. The van der Waals surface area contributed by atoms with Crippen molar-refractivity contribution in [3.63, 3.8) is 0 Å². The second kappa shape index (κ2) is 10.7. The molecule has 184 valence electrons. The molecule has 4 heterocycles. The van der Waals surface area contributed by atoms with Crippen LogP contribution < -0.4 is 10.6 Å². The number of rotatable bonds is 8. The number of allylic oxidation sites excluding steroid dienone is 1. The summed E-state index contributed by atoms with van der Waals surface area (Å²) in [6.07, 6.45) is 9.17. The van der Waals surface area contributed by atoms with E-state index in [1.54, 1.807) is 7.11 Å². The van der Waals surface area contributed by atoms with Crippen LogP contribution in [0.1, 0.15) is 54.0 Å². The molecule has 7 heteroatoms. The second-order valence-electron chi connectivity index (χ2n) is 9.70. The highest BCUT2D eigenvalue weighted by atomic mass is 16.5. The first-order chi connectivity index (χ1) is 17.2. The standard InChI is InChI=1S/C28H36N6O/c1-19-16-32-28-23(19)15-22(17-33-28)21-13-20-7-11-34(27(29-2)6-9-30-10-12-35-3)18-25(20)24(14-21)26-5-4-8-31-26/h6,9,13-15,17,19,26,31H,2,4-5,7-8,10-12,16,18H2,1,3H3,(H,32,33)/b27-6+,30-9?. The molecule has 0 amide bonds. The maximum atomic E-state index is 5.07. The number of hydrogen-bond donors (Lipinski definition) is 2. The third kappa shape index (κ3) is 5.02. The van der Waals surface area contributed by atoms with Crippen molar-refractivity contribution in [1.29, 1.82) is 0 Å². The van der Waals surface area contributed by atoms with Gasteiger partial charge in [0.2, 0.25) is 0 Å². The maximum absolute atomic E-state index is 5.07. The minimum atomic E-state index is 0.395. The topological polar surface area (TPSA) is 74.1 Å². The summed E-state index contributed by atoms with van der Waals surface area (Å²) >= 11 is 0. The molecule has 0 bridgehead atoms. The maximum Gasteiger partial charge on any atom is 0.129 e. The van der Waals surface area contributed by atoms with Gasteiger partial charge in [0.25, 0.3) is 0 Å². The average Bonchev–Trinajstić information content (AvgIpc) is 3.55. The molecule has 2 N–H and O–H groups in total. The molecular weight excluding hydrogens is 436 g/mol. The van der Waals surface area contributed by atoms with Gasteiger partial charge in [-0.15, -0.1) is 0 Å². The summed E-state index contributed by atoms with van der Waals surface area (Å²) in [7, 11) is 1.69. The Hall–Kier alpha value is -3.03. The van der Waals surface area contributed by atoms with Gasteiger partial charge in [-0.05, 0) is 78.6 Å². The minimum absolute atomic E-state index is 0.395. The quantitative estimate of drug-likeness (QED) is 0.442. The zero-order chi connectivity index (χ0) is 24.2. The van der Waals surface area contributed by atoms with Gasteiger partial charge in [-0.25, -0.2) is 9.98 Å². The average molecular weight is 473 g/mol. The van der Waals surface area contributed by atoms with Crippen LogP contribution in [0, 0.1) is 0 Å². The third-order valence-corrected chi connectivity index (χ3v) is 7.41. The van der Waals surface area contributed by atoms with Crippen molar-refractivity contribution in [2.45, 2.75) is 44.7 Å². The van der Waals surface area contributed by atoms with E-state index in [9.17, 15) is 0 Å². The van der Waals surface area contributed by atoms with Crippen molar-refractivity contribution in [3.05, 3.63) is 58.5 Å². The van der Waals surface area contributed by atoms with Crippen molar-refractivity contribution < 1.29 is 4.74 Å². The van der Waals surface area contributed by atoms with Gasteiger partial charge in [-0.1, -0.05) is 13.0 Å². The lowest BCUT2D eigenvalue weighted by molar-refractivity contribution is 0.208. The van der Waals surface area contributed by atoms with E-state index in [2.05, 4.69) is 57.4 Å². The van der Waals surface area contributed by atoms with Crippen LogP contribution in [0.3, 0.4) is 0 Å². The fraction of sp³-hybridized carbons (Fsp3) is 0.464. The lowest BCUT2D eigenvalue weighted by Gasteiger charge is -2.33. The Morgan fingerprint density at radius 2 is 2.17 bits per heavy atom. The normalized spacial score (nSPS) is 21.8. The van der Waals surface area contributed by atoms with E-state index in [4.69, 9.17) is 9.72 Å². The Morgan fingerprint density at radius 3 is 2.97 bits per heavy atom. The zero-order valence-electron chi connectivity index (χ0n) is 20.9. The number of ether oxygens (including phenoxy) is 1. The molecule has 1 saturated heterocycles. The predicted molar refractivity (Wildman–Crippen MR) is 144 cm³/mol. The number of anilines is 1. The Bertz CT molecular complexity index is 1130. The van der Waals surface area contributed by atoms with Gasteiger partial charge in [0, 0.05) is 56.7 Å². The lowest BCUT2D eigenvalue weighted by Crippen LogP contribution is -2.31. The van der Waals surface area contributed by atoms with Crippen molar-refractivity contribution in [2.24, 2.45) is 9.98 Å². The fourth-order valence-corrected chi connectivity index (χ4v) is 5.44. The van der Waals surface area contributed by atoms with Gasteiger partial charge in [-0.2, -0.15) is 0 Å². The van der Waals surface area contributed by atoms with Crippen LogP contribution in [0.5, 0.6) is 0 Å². The molecule has 1 aromatic carbocycles. The van der Waals surface area contributed by atoms with Crippen molar-refractivity contribution >= 4 is 18.7 Å². The number of nitrogens with one attached hydrogen (secondary N) is 2. The predicted octanol–water partition coefficient (Wildman–Crippen LogP) is 4.32. The largest absolute Gasteiger partial charge is 0.383 e. The number of pyridine rings is 1. The number of fused-ring (bicyclic) bond motifs is 2. The van der Waals surface area contributed by atoms with Crippen LogP contribution in [0.15, 0.2) is 46.3 Å². The summed E-state index contributed by atoms with van der Waals surface area (Å²) in [5, 5.41) is 7.15. The Morgan fingerprint density at radius 1 is 1.29 bits per heavy atom. The molecule has 0 aliphatic carbocycles. The number of benzene rings is 1. The number of methoxy groups -OCH3 is 1. The van der Waals surface area contributed by atoms with Gasteiger partial charge >= 0.3 is 0 Å². The minimum Gasteiger partial charge on any atom is -0.383 e. The van der Waals surface area contributed by atoms with Crippen LogP contribution >= 0.6 is 0 Å². The highest BCUT2D eigenvalue weighted by molar-refractivity contribution is 5.72. The van der Waals surface area contributed by atoms with Crippen LogP contribution in [0.4, 0.5) is 5.82 Å². The van der Waals surface area contributed by atoms with Crippen molar-refractivity contribution in [2.75, 3.05) is 45.2 Å². The summed E-state index contributed by atoms with van der Waals surface area (Å²) < 4.78 is 5.07. The molecule has 3 aliphatic rings. The molecule has 0 saturated carbocycles. The van der Waals surface area contributed by atoms with E-state index in [0.29, 0.717) is 25.1 Å². The SMILES string of the molecule is C=N/C(=C\C=NCCOC)N1CCc2cc(-c3cnc4c(c3)C(C)CN4)cc(C3CCCN3)c2C1. The highest BCUT2D eigenvalue weighted by Gasteiger charge is 2.27. The first-order valence-electron chi connectivity index (χ1n) is 12.7. The van der Waals surface area contributed by atoms with Crippen molar-refractivity contribution in [1.82, 2.24) is 15.2 Å². The molecule has 0 radical (unpaired) electrons. The summed E-state index contributed by atoms with van der Waals surface area (Å²) in [5.74, 6) is 2.40. The Kier molecular flexibility index (Phi) is 7.25. The third-order valence-electron chi connectivity index (χ3n) is 7.41. The van der Waals surface area contributed by atoms with Gasteiger partial charge in [0.1, 0.15) is 11.6 Å². The van der Waals surface area contributed by atoms with Crippen LogP contribution in [0.2, 0.25) is 0 Å². The number of nitrogens with zero attached hydrogens (tertiary/aromatic N) is 4. The van der Waals surface area contributed by atoms with Crippen LogP contribution in [0.25, 0.3) is 11.1 Å². The molecule has 2 atom stereocenters. The number of aromatic nitrogens is 1. The summed E-state index contributed by atoms with van der Waals surface area (Å²) in [6.45, 7) is 11.1. The number of aliphatic imine (C=N–C) groups is 2. The van der Waals surface area contributed by atoms with Gasteiger partial charge in [0.05, 0.1) is 13.2 Å². The first kappa shape index (κ1) is 23.7. The molecule has 5 rings (SSSR count). The zero-order valence-corrected chi connectivity index (χ0v) is 20.9. The molecule has 2 unspecified atom stereocenters. The van der Waals surface area contributed by atoms with E-state index in [0.717, 1.165) is 44.2 Å². The van der Waals surface area contributed by atoms with Gasteiger partial charge < -0.3 is 20.3 Å². The Labute approximate surface area is 208 Å². The van der Waals surface area contributed by atoms with E-state index >= 15 is 0 Å². The lowest BCUT2D eigenvalue weighted by atomic mass is 9.87. The van der Waals surface area contributed by atoms with E-state index in [-0.39, 0.29) is 0 Å². The molecule has 35 heavy (non-hydrogen) atoms. The van der Waals surface area contributed by atoms with E-state index < -0.39 is 0 Å². The van der Waals surface area contributed by atoms with E-state index in [1.807, 2.05) is 18.5 Å². The highest BCUT2D eigenvalue weighted by Crippen LogP contribution is 2.38. The molecule has 3 aliphatic heterocycles. The monoisotopic (exact) mass is 472 g/mol. The smallest absolute Gasteiger partial charge is 0.129 e. The molecular formula is C28H36N6O. The summed E-state index contributed by atoms with van der Waals surface area (Å²) in [5.41, 5.74) is 8.10. The molecule has 0 spiro atoms. The molecule has 1 fully saturated rings. The summed E-state index contributed by atoms with van der Waals surface area (Å²) in [4.78, 5) is 15.8. The molecule has 2 aromatic rings. The van der Waals surface area contributed by atoms with Crippen LogP contribution in [-0.2, 0) is 17.7 Å². The Balaban J connectivity index is 1.46. The van der Waals surface area contributed by atoms with Gasteiger partial charge in [-0.3, -0.25) is 4.99 Å². The van der Waals surface area contributed by atoms with Crippen molar-refractivity contribution in [3.8, 4) is 11.1 Å². The second-order valence-corrected chi connectivity index (χ2v) is 9.70. The number of hydrogen-bond acceptors (Lipinski definition) is 7. The summed E-state index contributed by atoms with van der Waals surface area (Å²) in [6, 6.07) is 7.52. The van der Waals surface area contributed by atoms with E-state index in [1.165, 1.54) is 46.2 Å². The molecule has 1 aromatic heterocycles. The fourth-order valence-electron chi connectivity index (χ4n) is 5.44. The van der Waals surface area contributed by atoms with Gasteiger partial charge in [0.15, 0.2) is 0 Å². The van der Waals surface area contributed by atoms with Crippen LogP contribution in [-0.4, -0.2) is 62.7 Å².